The van der Waals surface area contributed by atoms with Gasteiger partial charge in [0.2, 0.25) is 0 Å². The maximum absolute atomic E-state index is 5.83. The lowest BCUT2D eigenvalue weighted by Gasteiger charge is -2.11. The Hall–Kier alpha value is -1.55. The Morgan fingerprint density at radius 1 is 1.37 bits per heavy atom. The molecule has 0 atom stereocenters. The molecule has 0 saturated carbocycles. The highest BCUT2D eigenvalue weighted by atomic mass is 16.5. The van der Waals surface area contributed by atoms with Crippen LogP contribution in [0, 0.1) is 0 Å². The van der Waals surface area contributed by atoms with Crippen LogP contribution in [0.5, 0.6) is 0 Å². The van der Waals surface area contributed by atoms with Gasteiger partial charge in [0.15, 0.2) is 0 Å². The third-order valence-corrected chi connectivity index (χ3v) is 3.19. The number of fused-ring (bicyclic) bond motifs is 1. The van der Waals surface area contributed by atoms with Gasteiger partial charge in [0.05, 0.1) is 11.0 Å². The van der Waals surface area contributed by atoms with E-state index in [-0.39, 0.29) is 0 Å². The summed E-state index contributed by atoms with van der Waals surface area (Å²) >= 11 is 0. The summed E-state index contributed by atoms with van der Waals surface area (Å²) in [7, 11) is 0. The van der Waals surface area contributed by atoms with Crippen LogP contribution < -0.4 is 5.73 Å². The van der Waals surface area contributed by atoms with E-state index in [2.05, 4.69) is 24.5 Å². The summed E-state index contributed by atoms with van der Waals surface area (Å²) in [4.78, 5) is 4.71. The van der Waals surface area contributed by atoms with Gasteiger partial charge in [-0.15, -0.1) is 0 Å². The molecule has 0 unspecified atom stereocenters. The zero-order valence-corrected chi connectivity index (χ0v) is 12.0. The number of imidazole rings is 1. The second kappa shape index (κ2) is 6.06. The molecule has 2 aromatic rings. The Morgan fingerprint density at radius 3 is 2.84 bits per heavy atom. The van der Waals surface area contributed by atoms with Gasteiger partial charge in [-0.3, -0.25) is 0 Å². The van der Waals surface area contributed by atoms with Crippen molar-refractivity contribution in [1.29, 1.82) is 0 Å². The molecule has 4 heteroatoms. The van der Waals surface area contributed by atoms with Gasteiger partial charge in [-0.25, -0.2) is 4.98 Å². The molecule has 1 aromatic heterocycles. The summed E-state index contributed by atoms with van der Waals surface area (Å²) in [6, 6.07) is 5.94. The van der Waals surface area contributed by atoms with Crippen molar-refractivity contribution in [2.75, 3.05) is 18.9 Å². The summed E-state index contributed by atoms with van der Waals surface area (Å²) in [5.41, 5.74) is 8.74. The summed E-state index contributed by atoms with van der Waals surface area (Å²) in [5.74, 6) is 1.53. The SMILES string of the molecule is CCOCCCn1c(C(C)C)nc2cc(N)ccc21. The topological polar surface area (TPSA) is 53.1 Å². The third kappa shape index (κ3) is 3.07. The predicted molar refractivity (Wildman–Crippen MR) is 79.3 cm³/mol. The van der Waals surface area contributed by atoms with Crippen molar-refractivity contribution in [1.82, 2.24) is 9.55 Å². The van der Waals surface area contributed by atoms with Crippen molar-refractivity contribution in [3.05, 3.63) is 24.0 Å². The number of ether oxygens (including phenoxy) is 1. The van der Waals surface area contributed by atoms with Crippen molar-refractivity contribution in [2.24, 2.45) is 0 Å². The Kier molecular flexibility index (Phi) is 4.43. The van der Waals surface area contributed by atoms with Gasteiger partial charge in [0.1, 0.15) is 5.82 Å². The van der Waals surface area contributed by atoms with Crippen LogP contribution in [-0.2, 0) is 11.3 Å². The summed E-state index contributed by atoms with van der Waals surface area (Å²) < 4.78 is 7.70. The largest absolute Gasteiger partial charge is 0.399 e. The summed E-state index contributed by atoms with van der Waals surface area (Å²) in [5, 5.41) is 0. The number of anilines is 1. The quantitative estimate of drug-likeness (QED) is 0.642. The van der Waals surface area contributed by atoms with Crippen LogP contribution in [0.15, 0.2) is 18.2 Å². The molecule has 2 rings (SSSR count). The fourth-order valence-corrected chi connectivity index (χ4v) is 2.31. The first-order valence-corrected chi connectivity index (χ1v) is 6.97. The second-order valence-electron chi connectivity index (χ2n) is 5.07. The molecule has 0 fully saturated rings. The zero-order chi connectivity index (χ0) is 13.8. The van der Waals surface area contributed by atoms with Gasteiger partial charge in [-0.2, -0.15) is 0 Å². The monoisotopic (exact) mass is 261 g/mol. The zero-order valence-electron chi connectivity index (χ0n) is 12.0. The fourth-order valence-electron chi connectivity index (χ4n) is 2.31. The number of aryl methyl sites for hydroxylation is 1. The molecule has 4 nitrogen and oxygen atoms in total. The molecule has 2 N–H and O–H groups in total. The molecule has 0 spiro atoms. The molecule has 0 bridgehead atoms. The number of hydrogen-bond acceptors (Lipinski definition) is 3. The van der Waals surface area contributed by atoms with Crippen molar-refractivity contribution < 1.29 is 4.74 Å². The fraction of sp³-hybridized carbons (Fsp3) is 0.533. The minimum Gasteiger partial charge on any atom is -0.399 e. The average Bonchev–Trinajstić information content (AvgIpc) is 2.72. The van der Waals surface area contributed by atoms with Crippen LogP contribution in [0.25, 0.3) is 11.0 Å². The molecule has 104 valence electrons. The normalized spacial score (nSPS) is 11.6. The number of nitrogen functional groups attached to an aromatic ring is 1. The first kappa shape index (κ1) is 13.9. The van der Waals surface area contributed by atoms with Crippen LogP contribution in [0.1, 0.15) is 38.9 Å². The maximum atomic E-state index is 5.83. The first-order valence-electron chi connectivity index (χ1n) is 6.97. The molecule has 1 heterocycles. The maximum Gasteiger partial charge on any atom is 0.112 e. The molecule has 0 aliphatic rings. The van der Waals surface area contributed by atoms with Crippen molar-refractivity contribution in [3.8, 4) is 0 Å². The van der Waals surface area contributed by atoms with E-state index in [9.17, 15) is 0 Å². The van der Waals surface area contributed by atoms with Crippen LogP contribution in [-0.4, -0.2) is 22.8 Å². The van der Waals surface area contributed by atoms with Crippen LogP contribution >= 0.6 is 0 Å². The van der Waals surface area contributed by atoms with Gasteiger partial charge in [0.25, 0.3) is 0 Å². The predicted octanol–water partition coefficient (Wildman–Crippen LogP) is 3.17. The lowest BCUT2D eigenvalue weighted by Crippen LogP contribution is -2.08. The third-order valence-electron chi connectivity index (χ3n) is 3.19. The van der Waals surface area contributed by atoms with Crippen LogP contribution in [0.3, 0.4) is 0 Å². The van der Waals surface area contributed by atoms with E-state index in [1.54, 1.807) is 0 Å². The Balaban J connectivity index is 2.30. The lowest BCUT2D eigenvalue weighted by atomic mass is 10.2. The van der Waals surface area contributed by atoms with E-state index < -0.39 is 0 Å². The van der Waals surface area contributed by atoms with E-state index in [1.807, 2.05) is 19.1 Å². The van der Waals surface area contributed by atoms with Crippen molar-refractivity contribution in [3.63, 3.8) is 0 Å². The standard InChI is InChI=1S/C15H23N3O/c1-4-19-9-5-8-18-14-7-6-12(16)10-13(14)17-15(18)11(2)3/h6-7,10-11H,4-5,8-9,16H2,1-3H3. The van der Waals surface area contributed by atoms with Crippen LogP contribution in [0.2, 0.25) is 0 Å². The molecule has 0 aliphatic heterocycles. The molecule has 0 amide bonds. The van der Waals surface area contributed by atoms with Gasteiger partial charge < -0.3 is 15.0 Å². The van der Waals surface area contributed by atoms with E-state index in [1.165, 1.54) is 0 Å². The van der Waals surface area contributed by atoms with Gasteiger partial charge in [-0.1, -0.05) is 13.8 Å². The number of aromatic nitrogens is 2. The van der Waals surface area contributed by atoms with E-state index >= 15 is 0 Å². The molecule has 1 aromatic carbocycles. The number of benzene rings is 1. The number of nitrogens with two attached hydrogens (primary N) is 1. The number of hydrogen-bond donors (Lipinski definition) is 1. The summed E-state index contributed by atoms with van der Waals surface area (Å²) in [6.45, 7) is 8.87. The Bertz CT molecular complexity index is 546. The van der Waals surface area contributed by atoms with Crippen molar-refractivity contribution >= 4 is 16.7 Å². The molecular formula is C15H23N3O. The smallest absolute Gasteiger partial charge is 0.112 e. The number of rotatable bonds is 6. The molecule has 0 radical (unpaired) electrons. The van der Waals surface area contributed by atoms with Gasteiger partial charge >= 0.3 is 0 Å². The highest BCUT2D eigenvalue weighted by molar-refractivity contribution is 5.79. The molecule has 19 heavy (non-hydrogen) atoms. The van der Waals surface area contributed by atoms with E-state index in [0.717, 1.165) is 48.7 Å². The minimum atomic E-state index is 0.403. The molecule has 0 saturated heterocycles. The summed E-state index contributed by atoms with van der Waals surface area (Å²) in [6.07, 6.45) is 1.00. The van der Waals surface area contributed by atoms with Crippen molar-refractivity contribution in [2.45, 2.75) is 39.7 Å². The van der Waals surface area contributed by atoms with Crippen LogP contribution in [0.4, 0.5) is 5.69 Å². The van der Waals surface area contributed by atoms with Gasteiger partial charge in [0, 0.05) is 31.4 Å². The minimum absolute atomic E-state index is 0.403. The molecular weight excluding hydrogens is 238 g/mol. The average molecular weight is 261 g/mol. The first-order chi connectivity index (χ1) is 9.13. The number of nitrogens with zero attached hydrogens (tertiary/aromatic N) is 2. The molecule has 0 aliphatic carbocycles. The van der Waals surface area contributed by atoms with E-state index in [0.29, 0.717) is 5.92 Å². The van der Waals surface area contributed by atoms with Gasteiger partial charge in [-0.05, 0) is 31.5 Å². The van der Waals surface area contributed by atoms with E-state index in [4.69, 9.17) is 15.5 Å². The Morgan fingerprint density at radius 2 is 2.16 bits per heavy atom. The Labute approximate surface area is 114 Å². The highest BCUT2D eigenvalue weighted by Gasteiger charge is 2.13. The second-order valence-corrected chi connectivity index (χ2v) is 5.07. The highest BCUT2D eigenvalue weighted by Crippen LogP contribution is 2.23. The lowest BCUT2D eigenvalue weighted by molar-refractivity contribution is 0.141.